The molecule has 0 aliphatic carbocycles. The van der Waals surface area contributed by atoms with Gasteiger partial charge in [0.2, 0.25) is 0 Å². The highest BCUT2D eigenvalue weighted by Crippen LogP contribution is 2.16. The SMILES string of the molecule is CCC(COC)NC(=O)N1CCC[C@@H]1CO. The van der Waals surface area contributed by atoms with E-state index in [2.05, 4.69) is 5.32 Å². The number of carbonyl (C=O) groups excluding carboxylic acids is 1. The van der Waals surface area contributed by atoms with Crippen LogP contribution < -0.4 is 5.32 Å². The van der Waals surface area contributed by atoms with Gasteiger partial charge in [0.25, 0.3) is 0 Å². The van der Waals surface area contributed by atoms with Crippen LogP contribution in [0, 0.1) is 0 Å². The molecule has 1 saturated heterocycles. The Labute approximate surface area is 96.8 Å². The van der Waals surface area contributed by atoms with E-state index < -0.39 is 0 Å². The highest BCUT2D eigenvalue weighted by Gasteiger charge is 2.28. The molecule has 1 aliphatic rings. The van der Waals surface area contributed by atoms with Gasteiger partial charge in [-0.15, -0.1) is 0 Å². The summed E-state index contributed by atoms with van der Waals surface area (Å²) in [6, 6.07) is -0.0436. The number of rotatable bonds is 5. The second kappa shape index (κ2) is 6.70. The van der Waals surface area contributed by atoms with Crippen molar-refractivity contribution in [2.45, 2.75) is 38.3 Å². The van der Waals surface area contributed by atoms with Crippen molar-refractivity contribution < 1.29 is 14.6 Å². The van der Waals surface area contributed by atoms with Crippen LogP contribution in [0.3, 0.4) is 0 Å². The first-order valence-corrected chi connectivity index (χ1v) is 5.89. The lowest BCUT2D eigenvalue weighted by Gasteiger charge is -2.26. The Balaban J connectivity index is 2.43. The molecule has 0 aromatic rings. The highest BCUT2D eigenvalue weighted by atomic mass is 16.5. The number of hydrogen-bond donors (Lipinski definition) is 2. The van der Waals surface area contributed by atoms with E-state index in [0.29, 0.717) is 6.61 Å². The molecule has 5 heteroatoms. The number of likely N-dealkylation sites (tertiary alicyclic amines) is 1. The summed E-state index contributed by atoms with van der Waals surface area (Å²) in [6.07, 6.45) is 2.71. The predicted octanol–water partition coefficient (Wildman–Crippen LogP) is 0.578. The summed E-state index contributed by atoms with van der Waals surface area (Å²) in [5, 5.41) is 12.1. The van der Waals surface area contributed by atoms with E-state index in [4.69, 9.17) is 9.84 Å². The Kier molecular flexibility index (Phi) is 5.55. The Morgan fingerprint density at radius 2 is 2.44 bits per heavy atom. The fraction of sp³-hybridized carbons (Fsp3) is 0.909. The fourth-order valence-corrected chi connectivity index (χ4v) is 2.01. The number of urea groups is 1. The Morgan fingerprint density at radius 3 is 3.00 bits per heavy atom. The molecule has 16 heavy (non-hydrogen) atoms. The molecule has 2 atom stereocenters. The zero-order valence-corrected chi connectivity index (χ0v) is 10.1. The van der Waals surface area contributed by atoms with Gasteiger partial charge in [-0.05, 0) is 19.3 Å². The third-order valence-electron chi connectivity index (χ3n) is 3.04. The molecule has 1 rings (SSSR count). The molecular formula is C11H22N2O3. The van der Waals surface area contributed by atoms with Gasteiger partial charge in [0, 0.05) is 13.7 Å². The lowest BCUT2D eigenvalue weighted by molar-refractivity contribution is 0.138. The average molecular weight is 230 g/mol. The molecule has 1 fully saturated rings. The summed E-state index contributed by atoms with van der Waals surface area (Å²) in [4.78, 5) is 13.6. The van der Waals surface area contributed by atoms with Crippen molar-refractivity contribution in [1.82, 2.24) is 10.2 Å². The summed E-state index contributed by atoms with van der Waals surface area (Å²) in [5.41, 5.74) is 0. The predicted molar refractivity (Wildman–Crippen MR) is 61.3 cm³/mol. The van der Waals surface area contributed by atoms with Crippen molar-refractivity contribution in [2.75, 3.05) is 26.9 Å². The number of ether oxygens (including phenoxy) is 1. The second-order valence-corrected chi connectivity index (χ2v) is 4.18. The van der Waals surface area contributed by atoms with Crippen molar-refractivity contribution in [3.05, 3.63) is 0 Å². The lowest BCUT2D eigenvalue weighted by Crippen LogP contribution is -2.48. The van der Waals surface area contributed by atoms with Gasteiger partial charge in [-0.25, -0.2) is 4.79 Å². The lowest BCUT2D eigenvalue weighted by atomic mass is 10.2. The van der Waals surface area contributed by atoms with Crippen LogP contribution in [0.25, 0.3) is 0 Å². The van der Waals surface area contributed by atoms with Crippen LogP contribution in [-0.2, 0) is 4.74 Å². The molecule has 1 unspecified atom stereocenters. The van der Waals surface area contributed by atoms with E-state index >= 15 is 0 Å². The zero-order chi connectivity index (χ0) is 12.0. The zero-order valence-electron chi connectivity index (χ0n) is 10.1. The molecule has 1 aliphatic heterocycles. The van der Waals surface area contributed by atoms with Gasteiger partial charge in [-0.3, -0.25) is 0 Å². The molecule has 2 N–H and O–H groups in total. The van der Waals surface area contributed by atoms with Crippen molar-refractivity contribution in [1.29, 1.82) is 0 Å². The third-order valence-corrected chi connectivity index (χ3v) is 3.04. The third kappa shape index (κ3) is 3.35. The van der Waals surface area contributed by atoms with Gasteiger partial charge in [0.05, 0.1) is 25.3 Å². The van der Waals surface area contributed by atoms with Crippen molar-refractivity contribution in [2.24, 2.45) is 0 Å². The van der Waals surface area contributed by atoms with Crippen LogP contribution in [0.1, 0.15) is 26.2 Å². The van der Waals surface area contributed by atoms with Crippen LogP contribution in [0.15, 0.2) is 0 Å². The van der Waals surface area contributed by atoms with Gasteiger partial charge >= 0.3 is 6.03 Å². The normalized spacial score (nSPS) is 22.2. The van der Waals surface area contributed by atoms with Gasteiger partial charge < -0.3 is 20.1 Å². The fourth-order valence-electron chi connectivity index (χ4n) is 2.01. The second-order valence-electron chi connectivity index (χ2n) is 4.18. The van der Waals surface area contributed by atoms with Crippen LogP contribution in [-0.4, -0.2) is 55.0 Å². The molecule has 2 amide bonds. The van der Waals surface area contributed by atoms with Crippen LogP contribution in [0.4, 0.5) is 4.79 Å². The minimum Gasteiger partial charge on any atom is -0.394 e. The van der Waals surface area contributed by atoms with Crippen LogP contribution >= 0.6 is 0 Å². The Morgan fingerprint density at radius 1 is 1.69 bits per heavy atom. The summed E-state index contributed by atoms with van der Waals surface area (Å²) in [6.45, 7) is 3.33. The molecule has 0 bridgehead atoms. The number of hydrogen-bond acceptors (Lipinski definition) is 3. The maximum atomic E-state index is 11.9. The summed E-state index contributed by atoms with van der Waals surface area (Å²) in [7, 11) is 1.63. The molecule has 94 valence electrons. The smallest absolute Gasteiger partial charge is 0.318 e. The van der Waals surface area contributed by atoms with Gasteiger partial charge in [-0.1, -0.05) is 6.92 Å². The molecular weight excluding hydrogens is 208 g/mol. The van der Waals surface area contributed by atoms with E-state index in [-0.39, 0.29) is 24.7 Å². The number of methoxy groups -OCH3 is 1. The number of amides is 2. The molecule has 0 spiro atoms. The molecule has 1 heterocycles. The number of aliphatic hydroxyl groups excluding tert-OH is 1. The Hall–Kier alpha value is -0.810. The van der Waals surface area contributed by atoms with Crippen LogP contribution in [0.2, 0.25) is 0 Å². The van der Waals surface area contributed by atoms with E-state index in [9.17, 15) is 4.79 Å². The van der Waals surface area contributed by atoms with E-state index in [1.807, 2.05) is 6.92 Å². The maximum Gasteiger partial charge on any atom is 0.318 e. The van der Waals surface area contributed by atoms with E-state index in [1.54, 1.807) is 12.0 Å². The first-order valence-electron chi connectivity index (χ1n) is 5.89. The standard InChI is InChI=1S/C11H22N2O3/c1-3-9(8-16-2)12-11(15)13-6-4-5-10(13)7-14/h9-10,14H,3-8H2,1-2H3,(H,12,15)/t9?,10-/m1/s1. The minimum absolute atomic E-state index is 0.0138. The first-order chi connectivity index (χ1) is 7.72. The summed E-state index contributed by atoms with van der Waals surface area (Å²) < 4.78 is 5.03. The van der Waals surface area contributed by atoms with Gasteiger partial charge in [-0.2, -0.15) is 0 Å². The molecule has 0 radical (unpaired) electrons. The van der Waals surface area contributed by atoms with Gasteiger partial charge in [0.15, 0.2) is 0 Å². The van der Waals surface area contributed by atoms with Crippen LogP contribution in [0.5, 0.6) is 0 Å². The summed E-state index contributed by atoms with van der Waals surface area (Å²) in [5.74, 6) is 0. The molecule has 0 aromatic heterocycles. The minimum atomic E-state index is -0.0829. The molecule has 5 nitrogen and oxygen atoms in total. The maximum absolute atomic E-state index is 11.9. The summed E-state index contributed by atoms with van der Waals surface area (Å²) >= 11 is 0. The molecule has 0 saturated carbocycles. The van der Waals surface area contributed by atoms with Crippen molar-refractivity contribution >= 4 is 6.03 Å². The number of nitrogens with one attached hydrogen (secondary N) is 1. The number of carbonyl (C=O) groups is 1. The highest BCUT2D eigenvalue weighted by molar-refractivity contribution is 5.75. The number of aliphatic hydroxyl groups is 1. The monoisotopic (exact) mass is 230 g/mol. The first kappa shape index (κ1) is 13.3. The topological polar surface area (TPSA) is 61.8 Å². The van der Waals surface area contributed by atoms with Gasteiger partial charge in [0.1, 0.15) is 0 Å². The number of nitrogens with zero attached hydrogens (tertiary/aromatic N) is 1. The van der Waals surface area contributed by atoms with E-state index in [1.165, 1.54) is 0 Å². The largest absolute Gasteiger partial charge is 0.394 e. The average Bonchev–Trinajstić information content (AvgIpc) is 2.76. The van der Waals surface area contributed by atoms with Crippen molar-refractivity contribution in [3.63, 3.8) is 0 Å². The quantitative estimate of drug-likeness (QED) is 0.726. The Bertz CT molecular complexity index is 223. The molecule has 0 aromatic carbocycles. The van der Waals surface area contributed by atoms with Crippen molar-refractivity contribution in [3.8, 4) is 0 Å². The van der Waals surface area contributed by atoms with E-state index in [0.717, 1.165) is 25.8 Å².